The number of methoxy groups -OCH3 is 2. The third-order valence-corrected chi connectivity index (χ3v) is 5.70. The smallest absolute Gasteiger partial charge is 0.303 e. The number of carbonyl (C=O) groups excluding carboxylic acids is 1. The fourth-order valence-electron chi connectivity index (χ4n) is 4.19. The summed E-state index contributed by atoms with van der Waals surface area (Å²) in [5.41, 5.74) is 5.40. The fourth-order valence-corrected chi connectivity index (χ4v) is 4.19. The van der Waals surface area contributed by atoms with Crippen LogP contribution in [-0.4, -0.2) is 26.3 Å². The van der Waals surface area contributed by atoms with Gasteiger partial charge in [-0.05, 0) is 41.2 Å². The van der Waals surface area contributed by atoms with Crippen molar-refractivity contribution in [2.24, 2.45) is 5.41 Å². The molecule has 150 valence electrons. The molecular formula is C24H30O4. The number of ether oxygens (including phenoxy) is 3. The molecule has 0 heterocycles. The fraction of sp³-hybridized carbons (Fsp3) is 0.458. The highest BCUT2D eigenvalue weighted by molar-refractivity contribution is 5.76. The number of allylic oxidation sites excluding steroid dienone is 3. The van der Waals surface area contributed by atoms with E-state index in [1.54, 1.807) is 14.2 Å². The van der Waals surface area contributed by atoms with E-state index in [4.69, 9.17) is 14.2 Å². The highest BCUT2D eigenvalue weighted by atomic mass is 16.5. The summed E-state index contributed by atoms with van der Waals surface area (Å²) in [5.74, 6) is 1.64. The molecule has 0 aromatic heterocycles. The van der Waals surface area contributed by atoms with Gasteiger partial charge in [-0.1, -0.05) is 45.9 Å². The van der Waals surface area contributed by atoms with Crippen LogP contribution in [0.5, 0.6) is 11.5 Å². The van der Waals surface area contributed by atoms with E-state index >= 15 is 0 Å². The molecule has 0 spiro atoms. The van der Waals surface area contributed by atoms with Gasteiger partial charge in [-0.2, -0.15) is 0 Å². The number of hydrogen-bond donors (Lipinski definition) is 0. The summed E-state index contributed by atoms with van der Waals surface area (Å²) >= 11 is 0. The maximum atomic E-state index is 11.5. The predicted molar refractivity (Wildman–Crippen MR) is 112 cm³/mol. The molecule has 3 rings (SSSR count). The summed E-state index contributed by atoms with van der Waals surface area (Å²) in [5, 5.41) is 0. The van der Waals surface area contributed by atoms with Gasteiger partial charge in [0, 0.05) is 23.5 Å². The first-order valence-corrected chi connectivity index (χ1v) is 9.76. The molecule has 0 bridgehead atoms. The van der Waals surface area contributed by atoms with Crippen molar-refractivity contribution in [2.75, 3.05) is 14.2 Å². The van der Waals surface area contributed by atoms with Gasteiger partial charge in [0.05, 0.1) is 14.2 Å². The maximum absolute atomic E-state index is 11.5. The van der Waals surface area contributed by atoms with E-state index in [1.165, 1.54) is 18.1 Å². The third-order valence-electron chi connectivity index (χ3n) is 5.70. The molecule has 0 N–H and O–H groups in total. The molecular weight excluding hydrogens is 352 g/mol. The molecule has 0 saturated heterocycles. The molecule has 1 aromatic rings. The largest absolute Gasteiger partial charge is 0.493 e. The van der Waals surface area contributed by atoms with Crippen LogP contribution in [0.1, 0.15) is 57.2 Å². The first kappa shape index (κ1) is 20.2. The van der Waals surface area contributed by atoms with Gasteiger partial charge < -0.3 is 14.2 Å². The molecule has 0 saturated carbocycles. The van der Waals surface area contributed by atoms with E-state index in [-0.39, 0.29) is 17.5 Å². The Balaban J connectivity index is 2.18. The topological polar surface area (TPSA) is 44.8 Å². The molecule has 0 fully saturated rings. The van der Waals surface area contributed by atoms with Crippen molar-refractivity contribution in [3.05, 3.63) is 52.1 Å². The number of carbonyl (C=O) groups is 1. The molecule has 4 nitrogen and oxygen atoms in total. The van der Waals surface area contributed by atoms with Gasteiger partial charge in [0.2, 0.25) is 0 Å². The van der Waals surface area contributed by atoms with Crippen LogP contribution >= 0.6 is 0 Å². The van der Waals surface area contributed by atoms with Crippen molar-refractivity contribution < 1.29 is 19.0 Å². The third kappa shape index (κ3) is 3.36. The van der Waals surface area contributed by atoms with E-state index < -0.39 is 0 Å². The second-order valence-electron chi connectivity index (χ2n) is 8.29. The SMILES string of the molecule is COc1c(C(C)C)cc2c(c1OC)C=C1C=CC(OC(C)=O)C(C)(C)C1=CC2. The number of esters is 1. The van der Waals surface area contributed by atoms with Crippen molar-refractivity contribution in [2.45, 2.75) is 53.1 Å². The average molecular weight is 383 g/mol. The predicted octanol–water partition coefficient (Wildman–Crippen LogP) is 5.22. The Morgan fingerprint density at radius 1 is 1.18 bits per heavy atom. The molecule has 1 unspecified atom stereocenters. The van der Waals surface area contributed by atoms with Gasteiger partial charge in [-0.3, -0.25) is 4.79 Å². The van der Waals surface area contributed by atoms with Crippen LogP contribution in [0, 0.1) is 5.41 Å². The lowest BCUT2D eigenvalue weighted by Gasteiger charge is -2.38. The van der Waals surface area contributed by atoms with Gasteiger partial charge in [-0.25, -0.2) is 0 Å². The van der Waals surface area contributed by atoms with E-state index in [2.05, 4.69) is 45.9 Å². The van der Waals surface area contributed by atoms with Crippen LogP contribution in [0.3, 0.4) is 0 Å². The zero-order valence-corrected chi connectivity index (χ0v) is 17.9. The molecule has 28 heavy (non-hydrogen) atoms. The minimum absolute atomic E-state index is 0.263. The first-order valence-electron chi connectivity index (χ1n) is 9.76. The van der Waals surface area contributed by atoms with Crippen molar-refractivity contribution in [1.82, 2.24) is 0 Å². The number of fused-ring (bicyclic) bond motifs is 2. The Morgan fingerprint density at radius 3 is 2.43 bits per heavy atom. The molecule has 0 aliphatic heterocycles. The molecule has 1 atom stereocenters. The quantitative estimate of drug-likeness (QED) is 0.670. The van der Waals surface area contributed by atoms with Gasteiger partial charge >= 0.3 is 5.97 Å². The van der Waals surface area contributed by atoms with Crippen molar-refractivity contribution in [3.8, 4) is 11.5 Å². The van der Waals surface area contributed by atoms with Crippen molar-refractivity contribution in [1.29, 1.82) is 0 Å². The van der Waals surface area contributed by atoms with Gasteiger partial charge in [0.25, 0.3) is 0 Å². The normalized spacial score (nSPS) is 19.8. The minimum atomic E-state index is -0.313. The van der Waals surface area contributed by atoms with E-state index in [0.717, 1.165) is 34.6 Å². The minimum Gasteiger partial charge on any atom is -0.493 e. The van der Waals surface area contributed by atoms with E-state index in [1.807, 2.05) is 12.2 Å². The Labute approximate surface area is 167 Å². The van der Waals surface area contributed by atoms with Crippen LogP contribution < -0.4 is 9.47 Å². The summed E-state index contributed by atoms with van der Waals surface area (Å²) in [6.07, 6.45) is 8.95. The van der Waals surface area contributed by atoms with Crippen LogP contribution in [-0.2, 0) is 16.0 Å². The van der Waals surface area contributed by atoms with Gasteiger partial charge in [-0.15, -0.1) is 0 Å². The summed E-state index contributed by atoms with van der Waals surface area (Å²) in [4.78, 5) is 11.5. The second kappa shape index (κ2) is 7.50. The van der Waals surface area contributed by atoms with Crippen LogP contribution in [0.2, 0.25) is 0 Å². The molecule has 4 heteroatoms. The lowest BCUT2D eigenvalue weighted by molar-refractivity contribution is -0.147. The van der Waals surface area contributed by atoms with Crippen LogP contribution in [0.4, 0.5) is 0 Å². The number of rotatable bonds is 4. The molecule has 1 aromatic carbocycles. The Hall–Kier alpha value is -2.49. The lowest BCUT2D eigenvalue weighted by atomic mass is 9.71. The zero-order valence-electron chi connectivity index (χ0n) is 17.9. The molecule has 2 aliphatic carbocycles. The van der Waals surface area contributed by atoms with E-state index in [0.29, 0.717) is 5.92 Å². The monoisotopic (exact) mass is 382 g/mol. The highest BCUT2D eigenvalue weighted by Crippen LogP contribution is 2.47. The standard InChI is InChI=1S/C24H30O4/c1-14(2)18-12-16-8-10-20-17(13-19(16)23(27-7)22(18)26-6)9-11-21(24(20,4)5)28-15(3)25/h9-14,21H,8H2,1-7H3. The van der Waals surface area contributed by atoms with E-state index in [9.17, 15) is 4.79 Å². The van der Waals surface area contributed by atoms with Gasteiger partial charge in [0.1, 0.15) is 6.10 Å². The first-order chi connectivity index (χ1) is 13.2. The summed E-state index contributed by atoms with van der Waals surface area (Å²) in [6.45, 7) is 10.0. The summed E-state index contributed by atoms with van der Waals surface area (Å²) < 4.78 is 17.1. The van der Waals surface area contributed by atoms with Gasteiger partial charge in [0.15, 0.2) is 11.5 Å². The second-order valence-corrected chi connectivity index (χ2v) is 8.29. The number of hydrogen-bond acceptors (Lipinski definition) is 4. The van der Waals surface area contributed by atoms with Crippen LogP contribution in [0.25, 0.3) is 6.08 Å². The summed E-state index contributed by atoms with van der Waals surface area (Å²) in [6, 6.07) is 2.23. The average Bonchev–Trinajstić information content (AvgIpc) is 2.81. The van der Waals surface area contributed by atoms with Crippen LogP contribution in [0.15, 0.2) is 35.4 Å². The zero-order chi connectivity index (χ0) is 20.6. The Morgan fingerprint density at radius 2 is 1.86 bits per heavy atom. The number of benzene rings is 1. The molecule has 2 aliphatic rings. The van der Waals surface area contributed by atoms with Crippen molar-refractivity contribution >= 4 is 12.0 Å². The maximum Gasteiger partial charge on any atom is 0.303 e. The molecule has 0 amide bonds. The van der Waals surface area contributed by atoms with Crippen molar-refractivity contribution in [3.63, 3.8) is 0 Å². The Bertz CT molecular complexity index is 884. The highest BCUT2D eigenvalue weighted by Gasteiger charge is 2.38. The lowest BCUT2D eigenvalue weighted by Crippen LogP contribution is -2.36. The molecule has 0 radical (unpaired) electrons. The summed E-state index contributed by atoms with van der Waals surface area (Å²) in [7, 11) is 3.38. The Kier molecular flexibility index (Phi) is 5.42.